The summed E-state index contributed by atoms with van der Waals surface area (Å²) in [5.41, 5.74) is 0.386. The molecule has 1 saturated heterocycles. The Morgan fingerprint density at radius 2 is 1.87 bits per heavy atom. The van der Waals surface area contributed by atoms with E-state index in [4.69, 9.17) is 0 Å². The molecule has 2 aromatic heterocycles. The number of piperidine rings is 1. The summed E-state index contributed by atoms with van der Waals surface area (Å²) in [5, 5.41) is 5.54. The zero-order valence-corrected chi connectivity index (χ0v) is 18.1. The summed E-state index contributed by atoms with van der Waals surface area (Å²) >= 11 is 0. The Bertz CT molecular complexity index is 1280. The molecule has 1 aliphatic heterocycles. The number of aryl methyl sites for hydroxylation is 1. The highest BCUT2D eigenvalue weighted by atomic mass is 32.2. The molecule has 31 heavy (non-hydrogen) atoms. The lowest BCUT2D eigenvalue weighted by Crippen LogP contribution is -2.39. The van der Waals surface area contributed by atoms with Crippen LogP contribution in [0.3, 0.4) is 0 Å². The minimum absolute atomic E-state index is 0.000233. The number of carbonyl (C=O) groups excluding carboxylic acids is 1. The van der Waals surface area contributed by atoms with Gasteiger partial charge in [0.1, 0.15) is 0 Å². The number of benzene rings is 1. The third kappa shape index (κ3) is 4.51. The fourth-order valence-corrected chi connectivity index (χ4v) is 5.00. The molecule has 4 rings (SSSR count). The van der Waals surface area contributed by atoms with Gasteiger partial charge in [0.25, 0.3) is 5.56 Å². The summed E-state index contributed by atoms with van der Waals surface area (Å²) in [6, 6.07) is 10.5. The van der Waals surface area contributed by atoms with E-state index >= 15 is 0 Å². The van der Waals surface area contributed by atoms with E-state index in [2.05, 4.69) is 10.1 Å². The maximum absolute atomic E-state index is 12.7. The molecule has 0 aliphatic carbocycles. The van der Waals surface area contributed by atoms with Crippen LogP contribution in [0.15, 0.2) is 58.5 Å². The first-order chi connectivity index (χ1) is 14.8. The van der Waals surface area contributed by atoms with Crippen LogP contribution in [0.2, 0.25) is 0 Å². The van der Waals surface area contributed by atoms with Gasteiger partial charge in [-0.1, -0.05) is 18.2 Å². The van der Waals surface area contributed by atoms with E-state index < -0.39 is 9.84 Å². The first-order valence-corrected chi connectivity index (χ1v) is 12.1. The standard InChI is InChI=1S/C22H24N4O4S/c1-31(29,30)19-7-4-11-23-21(19)16-8-12-25(13-9-16)20(27)10-14-26-22(28)18-6-3-2-5-17(18)15-24-26/h2-7,11,15-16H,8-10,12-14H2,1H3. The van der Waals surface area contributed by atoms with Crippen molar-refractivity contribution >= 4 is 26.5 Å². The van der Waals surface area contributed by atoms with Gasteiger partial charge in [-0.15, -0.1) is 0 Å². The normalized spacial score (nSPS) is 15.3. The van der Waals surface area contributed by atoms with Crippen LogP contribution in [-0.4, -0.2) is 53.3 Å². The van der Waals surface area contributed by atoms with Crippen LogP contribution in [-0.2, 0) is 21.2 Å². The molecule has 8 nitrogen and oxygen atoms in total. The monoisotopic (exact) mass is 440 g/mol. The summed E-state index contributed by atoms with van der Waals surface area (Å²) in [4.78, 5) is 31.6. The quantitative estimate of drug-likeness (QED) is 0.601. The molecule has 0 atom stereocenters. The molecule has 0 saturated carbocycles. The van der Waals surface area contributed by atoms with Gasteiger partial charge in [-0.05, 0) is 31.0 Å². The van der Waals surface area contributed by atoms with Crippen molar-refractivity contribution in [2.45, 2.75) is 36.6 Å². The number of rotatable bonds is 5. The average molecular weight is 441 g/mol. The van der Waals surface area contributed by atoms with E-state index in [1.54, 1.807) is 41.6 Å². The van der Waals surface area contributed by atoms with E-state index in [0.29, 0.717) is 37.0 Å². The number of amides is 1. The molecule has 0 unspecified atom stereocenters. The molecule has 0 bridgehead atoms. The van der Waals surface area contributed by atoms with Crippen molar-refractivity contribution in [1.82, 2.24) is 19.7 Å². The highest BCUT2D eigenvalue weighted by Crippen LogP contribution is 2.31. The summed E-state index contributed by atoms with van der Waals surface area (Å²) in [5.74, 6) is -0.0376. The van der Waals surface area contributed by atoms with Crippen molar-refractivity contribution in [3.05, 3.63) is 64.8 Å². The minimum atomic E-state index is -3.35. The van der Waals surface area contributed by atoms with Gasteiger partial charge in [-0.2, -0.15) is 5.10 Å². The maximum atomic E-state index is 12.7. The number of sulfone groups is 1. The van der Waals surface area contributed by atoms with Crippen molar-refractivity contribution < 1.29 is 13.2 Å². The zero-order chi connectivity index (χ0) is 22.0. The minimum Gasteiger partial charge on any atom is -0.343 e. The predicted molar refractivity (Wildman–Crippen MR) is 117 cm³/mol. The third-order valence-corrected chi connectivity index (χ3v) is 6.88. The summed E-state index contributed by atoms with van der Waals surface area (Å²) in [7, 11) is -3.35. The van der Waals surface area contributed by atoms with Crippen molar-refractivity contribution in [1.29, 1.82) is 0 Å². The van der Waals surface area contributed by atoms with Gasteiger partial charge in [0, 0.05) is 43.3 Å². The Morgan fingerprint density at radius 1 is 1.13 bits per heavy atom. The Labute approximate surface area is 180 Å². The van der Waals surface area contributed by atoms with Crippen LogP contribution in [0.25, 0.3) is 10.8 Å². The fraction of sp³-hybridized carbons (Fsp3) is 0.364. The third-order valence-electron chi connectivity index (χ3n) is 5.73. The van der Waals surface area contributed by atoms with Gasteiger partial charge in [0.2, 0.25) is 5.91 Å². The Balaban J connectivity index is 1.39. The zero-order valence-electron chi connectivity index (χ0n) is 17.3. The first-order valence-electron chi connectivity index (χ1n) is 10.2. The van der Waals surface area contributed by atoms with E-state index in [1.165, 1.54) is 10.9 Å². The topological polar surface area (TPSA) is 102 Å². The molecule has 3 heterocycles. The predicted octanol–water partition coefficient (Wildman–Crippen LogP) is 1.99. The molecular formula is C22H24N4O4S. The van der Waals surface area contributed by atoms with E-state index in [-0.39, 0.29) is 35.2 Å². The van der Waals surface area contributed by atoms with Crippen LogP contribution < -0.4 is 5.56 Å². The second-order valence-corrected chi connectivity index (χ2v) is 9.81. The molecule has 1 amide bonds. The molecule has 0 radical (unpaired) electrons. The average Bonchev–Trinajstić information content (AvgIpc) is 2.78. The van der Waals surface area contributed by atoms with Crippen LogP contribution in [0.5, 0.6) is 0 Å². The number of pyridine rings is 1. The molecule has 1 fully saturated rings. The largest absolute Gasteiger partial charge is 0.343 e. The Morgan fingerprint density at radius 3 is 2.61 bits per heavy atom. The highest BCUT2D eigenvalue weighted by molar-refractivity contribution is 7.90. The number of hydrogen-bond donors (Lipinski definition) is 0. The Kier molecular flexibility index (Phi) is 5.86. The van der Waals surface area contributed by atoms with Gasteiger partial charge in [0.05, 0.1) is 28.7 Å². The number of aromatic nitrogens is 3. The number of likely N-dealkylation sites (tertiary alicyclic amines) is 1. The van der Waals surface area contributed by atoms with Gasteiger partial charge in [0.15, 0.2) is 9.84 Å². The molecule has 9 heteroatoms. The molecular weight excluding hydrogens is 416 g/mol. The van der Waals surface area contributed by atoms with Crippen LogP contribution >= 0.6 is 0 Å². The van der Waals surface area contributed by atoms with Crippen molar-refractivity contribution in [2.75, 3.05) is 19.3 Å². The molecule has 1 aliphatic rings. The second-order valence-electron chi connectivity index (χ2n) is 7.82. The summed E-state index contributed by atoms with van der Waals surface area (Å²) < 4.78 is 25.5. The van der Waals surface area contributed by atoms with Crippen molar-refractivity contribution in [3.63, 3.8) is 0 Å². The molecule has 3 aromatic rings. The molecule has 0 spiro atoms. The van der Waals surface area contributed by atoms with Crippen LogP contribution in [0, 0.1) is 0 Å². The van der Waals surface area contributed by atoms with Crippen LogP contribution in [0.4, 0.5) is 0 Å². The smallest absolute Gasteiger partial charge is 0.274 e. The van der Waals surface area contributed by atoms with Gasteiger partial charge in [-0.3, -0.25) is 14.6 Å². The van der Waals surface area contributed by atoms with Crippen molar-refractivity contribution in [3.8, 4) is 0 Å². The van der Waals surface area contributed by atoms with Crippen molar-refractivity contribution in [2.24, 2.45) is 0 Å². The second kappa shape index (κ2) is 8.58. The number of hydrogen-bond acceptors (Lipinski definition) is 6. The SMILES string of the molecule is CS(=O)(=O)c1cccnc1C1CCN(C(=O)CCn2ncc3ccccc3c2=O)CC1. The first kappa shape index (κ1) is 21.2. The number of fused-ring (bicyclic) bond motifs is 1. The van der Waals surface area contributed by atoms with E-state index in [1.807, 2.05) is 12.1 Å². The summed E-state index contributed by atoms with van der Waals surface area (Å²) in [6.07, 6.45) is 5.93. The Hall–Kier alpha value is -3.07. The number of carbonyl (C=O) groups is 1. The molecule has 0 N–H and O–H groups in total. The number of nitrogens with zero attached hydrogens (tertiary/aromatic N) is 4. The van der Waals surface area contributed by atoms with Crippen LogP contribution in [0.1, 0.15) is 30.9 Å². The highest BCUT2D eigenvalue weighted by Gasteiger charge is 2.28. The fourth-order valence-electron chi connectivity index (χ4n) is 4.07. The van der Waals surface area contributed by atoms with Gasteiger partial charge in [-0.25, -0.2) is 13.1 Å². The maximum Gasteiger partial charge on any atom is 0.274 e. The van der Waals surface area contributed by atoms with Gasteiger partial charge < -0.3 is 4.90 Å². The lowest BCUT2D eigenvalue weighted by Gasteiger charge is -2.32. The lowest BCUT2D eigenvalue weighted by atomic mass is 9.93. The van der Waals surface area contributed by atoms with E-state index in [9.17, 15) is 18.0 Å². The molecule has 1 aromatic carbocycles. The lowest BCUT2D eigenvalue weighted by molar-refractivity contribution is -0.132. The van der Waals surface area contributed by atoms with Gasteiger partial charge >= 0.3 is 0 Å². The summed E-state index contributed by atoms with van der Waals surface area (Å²) in [6.45, 7) is 1.29. The molecule has 162 valence electrons. The van der Waals surface area contributed by atoms with E-state index in [0.717, 1.165) is 5.39 Å².